The van der Waals surface area contributed by atoms with Gasteiger partial charge < -0.3 is 11.1 Å². The van der Waals surface area contributed by atoms with E-state index in [4.69, 9.17) is 5.73 Å². The highest BCUT2D eigenvalue weighted by atomic mass is 35.5. The van der Waals surface area contributed by atoms with Crippen molar-refractivity contribution in [3.63, 3.8) is 0 Å². The maximum Gasteiger partial charge on any atom is 0.223 e. The van der Waals surface area contributed by atoms with Crippen LogP contribution in [0.5, 0.6) is 0 Å². The molecule has 2 rings (SSSR count). The molecule has 1 fully saturated rings. The maximum absolute atomic E-state index is 13.1. The highest BCUT2D eigenvalue weighted by Gasteiger charge is 2.27. The summed E-state index contributed by atoms with van der Waals surface area (Å²) in [5.74, 6) is -0.113. The predicted molar refractivity (Wildman–Crippen MR) is 75.5 cm³/mol. The van der Waals surface area contributed by atoms with Crippen LogP contribution in [0.1, 0.15) is 30.4 Å². The zero-order valence-corrected chi connectivity index (χ0v) is 11.8. The molecule has 0 saturated heterocycles. The van der Waals surface area contributed by atoms with Crippen LogP contribution in [-0.4, -0.2) is 11.9 Å². The normalized spacial score (nSPS) is 21.8. The van der Waals surface area contributed by atoms with Gasteiger partial charge in [0.2, 0.25) is 5.91 Å². The summed E-state index contributed by atoms with van der Waals surface area (Å²) in [6.07, 6.45) is 2.57. The molecule has 106 valence electrons. The molecule has 0 heterocycles. The molecular formula is C14H20ClFN2O. The molecule has 1 aromatic rings. The Morgan fingerprint density at radius 2 is 2.21 bits per heavy atom. The van der Waals surface area contributed by atoms with Gasteiger partial charge in [-0.1, -0.05) is 12.1 Å². The Morgan fingerprint density at radius 3 is 2.79 bits per heavy atom. The second kappa shape index (κ2) is 6.87. The lowest BCUT2D eigenvalue weighted by atomic mass is 10.1. The van der Waals surface area contributed by atoms with Gasteiger partial charge in [-0.25, -0.2) is 4.39 Å². The van der Waals surface area contributed by atoms with Crippen LogP contribution < -0.4 is 11.1 Å². The van der Waals surface area contributed by atoms with Crippen LogP contribution >= 0.6 is 12.4 Å². The van der Waals surface area contributed by atoms with Crippen LogP contribution in [0.3, 0.4) is 0 Å². The lowest BCUT2D eigenvalue weighted by molar-refractivity contribution is -0.125. The summed E-state index contributed by atoms with van der Waals surface area (Å²) in [6.45, 7) is 2.17. The molecule has 1 saturated carbocycles. The van der Waals surface area contributed by atoms with Crippen LogP contribution in [0.15, 0.2) is 18.2 Å². The fraction of sp³-hybridized carbons (Fsp3) is 0.500. The van der Waals surface area contributed by atoms with Crippen molar-refractivity contribution in [2.24, 2.45) is 11.7 Å². The van der Waals surface area contributed by atoms with E-state index in [0.717, 1.165) is 24.8 Å². The topological polar surface area (TPSA) is 55.1 Å². The molecule has 5 heteroatoms. The van der Waals surface area contributed by atoms with Gasteiger partial charge in [0.1, 0.15) is 5.82 Å². The Kier molecular flexibility index (Phi) is 5.76. The zero-order chi connectivity index (χ0) is 13.1. The quantitative estimate of drug-likeness (QED) is 0.896. The first-order valence-corrected chi connectivity index (χ1v) is 6.34. The third-order valence-corrected chi connectivity index (χ3v) is 3.53. The molecule has 19 heavy (non-hydrogen) atoms. The number of nitrogens with two attached hydrogens (primary N) is 1. The first-order valence-electron chi connectivity index (χ1n) is 6.34. The molecule has 0 spiro atoms. The standard InChI is InChI=1S/C14H19FN2O.ClH/c1-9-6-10(2-5-13(9)15)8-17-14(18)11-3-4-12(16)7-11;/h2,5-6,11-12H,3-4,7-8,16H2,1H3,(H,17,18);1H. The lowest BCUT2D eigenvalue weighted by Gasteiger charge is -2.11. The number of aryl methyl sites for hydroxylation is 1. The maximum atomic E-state index is 13.1. The largest absolute Gasteiger partial charge is 0.352 e. The number of hydrogen-bond donors (Lipinski definition) is 2. The Hall–Kier alpha value is -1.13. The average Bonchev–Trinajstić information content (AvgIpc) is 2.77. The smallest absolute Gasteiger partial charge is 0.223 e. The summed E-state index contributed by atoms with van der Waals surface area (Å²) in [5, 5.41) is 2.89. The number of carbonyl (C=O) groups excluding carboxylic acids is 1. The lowest BCUT2D eigenvalue weighted by Crippen LogP contribution is -2.30. The number of halogens is 2. The number of carbonyl (C=O) groups is 1. The van der Waals surface area contributed by atoms with Gasteiger partial charge in [0.25, 0.3) is 0 Å². The van der Waals surface area contributed by atoms with Crippen LogP contribution in [0.4, 0.5) is 4.39 Å². The molecular weight excluding hydrogens is 267 g/mol. The summed E-state index contributed by atoms with van der Waals surface area (Å²) in [4.78, 5) is 11.9. The monoisotopic (exact) mass is 286 g/mol. The molecule has 3 nitrogen and oxygen atoms in total. The fourth-order valence-corrected chi connectivity index (χ4v) is 2.40. The highest BCUT2D eigenvalue weighted by molar-refractivity contribution is 5.85. The van der Waals surface area contributed by atoms with Gasteiger partial charge in [-0.3, -0.25) is 4.79 Å². The van der Waals surface area contributed by atoms with Gasteiger partial charge in [0.05, 0.1) is 0 Å². The molecule has 2 atom stereocenters. The number of benzene rings is 1. The van der Waals surface area contributed by atoms with Gasteiger partial charge in [-0.2, -0.15) is 0 Å². The van der Waals surface area contributed by atoms with Gasteiger partial charge in [0.15, 0.2) is 0 Å². The molecule has 0 bridgehead atoms. The molecule has 2 unspecified atom stereocenters. The first kappa shape index (κ1) is 15.9. The van der Waals surface area contributed by atoms with E-state index < -0.39 is 0 Å². The Bertz CT molecular complexity index is 453. The Balaban J connectivity index is 0.00000180. The molecule has 1 aliphatic carbocycles. The van der Waals surface area contributed by atoms with E-state index in [1.165, 1.54) is 6.07 Å². The van der Waals surface area contributed by atoms with Gasteiger partial charge in [-0.05, 0) is 43.4 Å². The summed E-state index contributed by atoms with van der Waals surface area (Å²) >= 11 is 0. The summed E-state index contributed by atoms with van der Waals surface area (Å²) < 4.78 is 13.1. The van der Waals surface area contributed by atoms with Crippen molar-refractivity contribution in [1.29, 1.82) is 0 Å². The number of nitrogens with one attached hydrogen (secondary N) is 1. The van der Waals surface area contributed by atoms with Gasteiger partial charge in [0, 0.05) is 18.5 Å². The van der Waals surface area contributed by atoms with Gasteiger partial charge >= 0.3 is 0 Å². The van der Waals surface area contributed by atoms with E-state index in [9.17, 15) is 9.18 Å². The van der Waals surface area contributed by atoms with Crippen LogP contribution in [0.2, 0.25) is 0 Å². The second-order valence-electron chi connectivity index (χ2n) is 5.07. The first-order chi connectivity index (χ1) is 8.56. The minimum atomic E-state index is -0.216. The minimum absolute atomic E-state index is 0. The molecule has 0 aliphatic heterocycles. The molecule has 1 amide bonds. The van der Waals surface area contributed by atoms with E-state index >= 15 is 0 Å². The average molecular weight is 287 g/mol. The van der Waals surface area contributed by atoms with Crippen molar-refractivity contribution in [3.05, 3.63) is 35.1 Å². The molecule has 0 radical (unpaired) electrons. The Labute approximate surface area is 119 Å². The van der Waals surface area contributed by atoms with Crippen molar-refractivity contribution in [3.8, 4) is 0 Å². The fourth-order valence-electron chi connectivity index (χ4n) is 2.40. The highest BCUT2D eigenvalue weighted by Crippen LogP contribution is 2.24. The van der Waals surface area contributed by atoms with Crippen LogP contribution in [-0.2, 0) is 11.3 Å². The zero-order valence-electron chi connectivity index (χ0n) is 11.0. The SMILES string of the molecule is Cc1cc(CNC(=O)C2CCC(N)C2)ccc1F.Cl. The summed E-state index contributed by atoms with van der Waals surface area (Å²) in [5.41, 5.74) is 7.31. The third kappa shape index (κ3) is 4.18. The third-order valence-electron chi connectivity index (χ3n) is 3.53. The van der Waals surface area contributed by atoms with Crippen molar-refractivity contribution in [2.45, 2.75) is 38.8 Å². The molecule has 3 N–H and O–H groups in total. The number of hydrogen-bond acceptors (Lipinski definition) is 2. The van der Waals surface area contributed by atoms with Crippen molar-refractivity contribution in [1.82, 2.24) is 5.32 Å². The van der Waals surface area contributed by atoms with Gasteiger partial charge in [-0.15, -0.1) is 12.4 Å². The van der Waals surface area contributed by atoms with E-state index in [0.29, 0.717) is 12.1 Å². The molecule has 1 aromatic carbocycles. The Morgan fingerprint density at radius 1 is 1.47 bits per heavy atom. The van der Waals surface area contributed by atoms with Crippen LogP contribution in [0.25, 0.3) is 0 Å². The van der Waals surface area contributed by atoms with Crippen molar-refractivity contribution >= 4 is 18.3 Å². The molecule has 1 aliphatic rings. The van der Waals surface area contributed by atoms with E-state index in [-0.39, 0.29) is 36.1 Å². The predicted octanol–water partition coefficient (Wildman–Crippen LogP) is 2.30. The second-order valence-corrected chi connectivity index (χ2v) is 5.07. The van der Waals surface area contributed by atoms with Crippen molar-refractivity contribution in [2.75, 3.05) is 0 Å². The van der Waals surface area contributed by atoms with E-state index in [1.807, 2.05) is 0 Å². The van der Waals surface area contributed by atoms with Crippen LogP contribution in [0, 0.1) is 18.7 Å². The summed E-state index contributed by atoms with van der Waals surface area (Å²) in [7, 11) is 0. The number of amides is 1. The minimum Gasteiger partial charge on any atom is -0.352 e. The summed E-state index contributed by atoms with van der Waals surface area (Å²) in [6, 6.07) is 5.05. The molecule has 0 aromatic heterocycles. The van der Waals surface area contributed by atoms with Crippen molar-refractivity contribution < 1.29 is 9.18 Å². The number of rotatable bonds is 3. The van der Waals surface area contributed by atoms with E-state index in [2.05, 4.69) is 5.32 Å². The van der Waals surface area contributed by atoms with E-state index in [1.54, 1.807) is 19.1 Å².